The highest BCUT2D eigenvalue weighted by Crippen LogP contribution is 2.23. The van der Waals surface area contributed by atoms with Crippen LogP contribution in [0.25, 0.3) is 0 Å². The lowest BCUT2D eigenvalue weighted by atomic mass is 10.1. The molecule has 0 aliphatic rings. The van der Waals surface area contributed by atoms with E-state index in [-0.39, 0.29) is 30.2 Å². The van der Waals surface area contributed by atoms with Crippen molar-refractivity contribution in [3.63, 3.8) is 0 Å². The predicted molar refractivity (Wildman–Crippen MR) is 103 cm³/mol. The molecule has 0 aliphatic heterocycles. The van der Waals surface area contributed by atoms with Crippen LogP contribution in [0, 0.1) is 13.8 Å². The maximum Gasteiger partial charge on any atom is 0.344 e. The molecule has 9 heteroatoms. The minimum Gasteiger partial charge on any atom is -0.454 e. The number of esters is 1. The second-order valence-corrected chi connectivity index (χ2v) is 6.66. The first-order chi connectivity index (χ1) is 13.3. The highest BCUT2D eigenvalue weighted by Gasteiger charge is 2.24. The van der Waals surface area contributed by atoms with Crippen LogP contribution in [0.1, 0.15) is 53.0 Å². The van der Waals surface area contributed by atoms with Gasteiger partial charge in [-0.25, -0.2) is 4.79 Å². The smallest absolute Gasteiger partial charge is 0.344 e. The van der Waals surface area contributed by atoms with Crippen LogP contribution in [-0.4, -0.2) is 26.1 Å². The van der Waals surface area contributed by atoms with E-state index in [1.54, 1.807) is 6.92 Å². The Kier molecular flexibility index (Phi) is 5.53. The van der Waals surface area contributed by atoms with E-state index < -0.39 is 5.97 Å². The van der Waals surface area contributed by atoms with Crippen LogP contribution in [0.5, 0.6) is 0 Å². The molecule has 0 radical (unpaired) electrons. The van der Waals surface area contributed by atoms with Crippen molar-refractivity contribution in [2.75, 3.05) is 11.1 Å². The van der Waals surface area contributed by atoms with Gasteiger partial charge in [-0.1, -0.05) is 36.7 Å². The Morgan fingerprint density at radius 2 is 1.89 bits per heavy atom. The van der Waals surface area contributed by atoms with Crippen molar-refractivity contribution in [2.45, 2.75) is 40.2 Å². The summed E-state index contributed by atoms with van der Waals surface area (Å²) in [5.74, 6) is 0.470. The van der Waals surface area contributed by atoms with E-state index >= 15 is 0 Å². The summed E-state index contributed by atoms with van der Waals surface area (Å²) in [7, 11) is 0. The number of carbonyl (C=O) groups excluding carboxylic acids is 1. The lowest BCUT2D eigenvalue weighted by Gasteiger charge is -2.09. The molecule has 0 saturated carbocycles. The van der Waals surface area contributed by atoms with Gasteiger partial charge in [0.15, 0.2) is 18.2 Å². The number of hydrogen-bond donors (Lipinski definition) is 2. The van der Waals surface area contributed by atoms with Crippen molar-refractivity contribution in [3.05, 3.63) is 52.7 Å². The van der Waals surface area contributed by atoms with Crippen LogP contribution in [0.15, 0.2) is 28.8 Å². The van der Waals surface area contributed by atoms with Crippen LogP contribution in [0.3, 0.4) is 0 Å². The third-order valence-corrected chi connectivity index (χ3v) is 3.96. The number of ether oxygens (including phenoxy) is 1. The largest absolute Gasteiger partial charge is 0.454 e. The van der Waals surface area contributed by atoms with Gasteiger partial charge < -0.3 is 20.3 Å². The Labute approximate surface area is 162 Å². The maximum atomic E-state index is 12.5. The van der Waals surface area contributed by atoms with Gasteiger partial charge in [0.05, 0.1) is 5.69 Å². The van der Waals surface area contributed by atoms with Crippen molar-refractivity contribution >= 4 is 23.6 Å². The van der Waals surface area contributed by atoms with E-state index in [0.29, 0.717) is 17.0 Å². The molecule has 0 amide bonds. The van der Waals surface area contributed by atoms with Crippen LogP contribution >= 0.6 is 0 Å². The van der Waals surface area contributed by atoms with Gasteiger partial charge in [0.2, 0.25) is 11.9 Å². The Bertz CT molecular complexity index is 982. The van der Waals surface area contributed by atoms with E-state index in [4.69, 9.17) is 15.0 Å². The maximum absolute atomic E-state index is 12.5. The van der Waals surface area contributed by atoms with Gasteiger partial charge in [0.1, 0.15) is 5.56 Å². The molecular weight excluding hydrogens is 360 g/mol. The van der Waals surface area contributed by atoms with Crippen molar-refractivity contribution in [3.8, 4) is 0 Å². The molecule has 28 heavy (non-hydrogen) atoms. The normalized spacial score (nSPS) is 10.9. The van der Waals surface area contributed by atoms with Crippen LogP contribution in [-0.2, 0) is 11.3 Å². The molecule has 3 N–H and O–H groups in total. The molecule has 1 aromatic carbocycles. The minimum atomic E-state index is -0.547. The molecule has 146 valence electrons. The molecule has 0 saturated heterocycles. The fraction of sp³-hybridized carbons (Fsp3) is 0.316. The van der Waals surface area contributed by atoms with Gasteiger partial charge in [0.25, 0.3) is 0 Å². The van der Waals surface area contributed by atoms with Crippen molar-refractivity contribution in [1.82, 2.24) is 20.1 Å². The summed E-state index contributed by atoms with van der Waals surface area (Å²) in [5.41, 5.74) is 8.51. The summed E-state index contributed by atoms with van der Waals surface area (Å²) in [4.78, 5) is 24.8. The van der Waals surface area contributed by atoms with Gasteiger partial charge in [-0.15, -0.1) is 0 Å². The number of carbonyl (C=O) groups is 1. The van der Waals surface area contributed by atoms with Gasteiger partial charge in [-0.2, -0.15) is 15.0 Å². The number of aryl methyl sites for hydroxylation is 2. The Morgan fingerprint density at radius 3 is 2.57 bits per heavy atom. The molecule has 3 rings (SSSR count). The average molecular weight is 382 g/mol. The van der Waals surface area contributed by atoms with Gasteiger partial charge in [-0.05, 0) is 26.0 Å². The standard InChI is InChI=1S/C19H22N6O3/c1-10(2)16-15(12(4)25-28-16)17(26)27-9-14-22-18(20)24-19(23-14)21-13-7-5-11(3)6-8-13/h5-8,10H,9H2,1-4H3,(H3,20,21,22,23,24). The second-order valence-electron chi connectivity index (χ2n) is 6.66. The Balaban J connectivity index is 1.72. The molecule has 2 heterocycles. The lowest BCUT2D eigenvalue weighted by molar-refractivity contribution is 0.0458. The second kappa shape index (κ2) is 8.03. The topological polar surface area (TPSA) is 129 Å². The molecule has 9 nitrogen and oxygen atoms in total. The fourth-order valence-corrected chi connectivity index (χ4v) is 2.56. The van der Waals surface area contributed by atoms with Gasteiger partial charge in [0, 0.05) is 11.6 Å². The first-order valence-electron chi connectivity index (χ1n) is 8.81. The molecule has 2 aromatic heterocycles. The summed E-state index contributed by atoms with van der Waals surface area (Å²) in [6.07, 6.45) is 0. The summed E-state index contributed by atoms with van der Waals surface area (Å²) in [6.45, 7) is 7.35. The number of aromatic nitrogens is 4. The molecule has 0 aliphatic carbocycles. The fourth-order valence-electron chi connectivity index (χ4n) is 2.56. The molecule has 0 bridgehead atoms. The highest BCUT2D eigenvalue weighted by atomic mass is 16.5. The molecule has 0 unspecified atom stereocenters. The highest BCUT2D eigenvalue weighted by molar-refractivity contribution is 5.91. The van der Waals surface area contributed by atoms with Gasteiger partial charge >= 0.3 is 5.97 Å². The minimum absolute atomic E-state index is 0.00174. The summed E-state index contributed by atoms with van der Waals surface area (Å²) in [5, 5.41) is 6.90. The van der Waals surface area contributed by atoms with E-state index in [0.717, 1.165) is 11.3 Å². The molecule has 0 fully saturated rings. The molecule has 3 aromatic rings. The third-order valence-electron chi connectivity index (χ3n) is 3.96. The van der Waals surface area contributed by atoms with E-state index in [9.17, 15) is 4.79 Å². The first kappa shape index (κ1) is 19.3. The zero-order valence-corrected chi connectivity index (χ0v) is 16.2. The van der Waals surface area contributed by atoms with E-state index in [1.807, 2.05) is 45.0 Å². The van der Waals surface area contributed by atoms with Crippen LogP contribution in [0.4, 0.5) is 17.6 Å². The summed E-state index contributed by atoms with van der Waals surface area (Å²) < 4.78 is 10.6. The summed E-state index contributed by atoms with van der Waals surface area (Å²) in [6, 6.07) is 7.72. The molecular formula is C19H22N6O3. The number of benzene rings is 1. The number of nitrogen functional groups attached to an aromatic ring is 1. The first-order valence-corrected chi connectivity index (χ1v) is 8.81. The molecule has 0 spiro atoms. The number of hydrogen-bond acceptors (Lipinski definition) is 9. The zero-order valence-electron chi connectivity index (χ0n) is 16.2. The molecule has 0 atom stereocenters. The quantitative estimate of drug-likeness (QED) is 0.617. The Hall–Kier alpha value is -3.49. The van der Waals surface area contributed by atoms with Crippen molar-refractivity contribution in [2.24, 2.45) is 0 Å². The monoisotopic (exact) mass is 382 g/mol. The Morgan fingerprint density at radius 1 is 1.18 bits per heavy atom. The number of nitrogens with zero attached hydrogens (tertiary/aromatic N) is 4. The summed E-state index contributed by atoms with van der Waals surface area (Å²) >= 11 is 0. The third kappa shape index (κ3) is 4.43. The van der Waals surface area contributed by atoms with Crippen LogP contribution < -0.4 is 11.1 Å². The number of nitrogens with two attached hydrogens (primary N) is 1. The van der Waals surface area contributed by atoms with Gasteiger partial charge in [-0.3, -0.25) is 0 Å². The van der Waals surface area contributed by atoms with E-state index in [2.05, 4.69) is 25.4 Å². The number of rotatable bonds is 6. The van der Waals surface area contributed by atoms with E-state index in [1.165, 1.54) is 0 Å². The number of nitrogens with one attached hydrogen (secondary N) is 1. The predicted octanol–water partition coefficient (Wildman–Crippen LogP) is 3.28. The average Bonchev–Trinajstić information content (AvgIpc) is 3.03. The van der Waals surface area contributed by atoms with Crippen molar-refractivity contribution in [1.29, 1.82) is 0 Å². The lowest BCUT2D eigenvalue weighted by Crippen LogP contribution is -2.12. The SMILES string of the molecule is Cc1ccc(Nc2nc(N)nc(COC(=O)c3c(C)noc3C(C)C)n2)cc1. The number of anilines is 3. The van der Waals surface area contributed by atoms with Crippen LogP contribution in [0.2, 0.25) is 0 Å². The van der Waals surface area contributed by atoms with Crippen molar-refractivity contribution < 1.29 is 14.1 Å². The zero-order chi connectivity index (χ0) is 20.3.